The highest BCUT2D eigenvalue weighted by Crippen LogP contribution is 2.17. The van der Waals surface area contributed by atoms with Crippen molar-refractivity contribution in [3.8, 4) is 5.75 Å². The molecule has 3 nitrogen and oxygen atoms in total. The molecule has 0 amide bonds. The first kappa shape index (κ1) is 10.6. The van der Waals surface area contributed by atoms with Gasteiger partial charge in [0.1, 0.15) is 5.75 Å². The minimum atomic E-state index is -0.206. The van der Waals surface area contributed by atoms with E-state index in [-0.39, 0.29) is 5.97 Å². The van der Waals surface area contributed by atoms with Gasteiger partial charge in [0.2, 0.25) is 0 Å². The zero-order valence-corrected chi connectivity index (χ0v) is 8.78. The van der Waals surface area contributed by atoms with Gasteiger partial charge in [0.15, 0.2) is 0 Å². The Hall–Kier alpha value is -1.51. The summed E-state index contributed by atoms with van der Waals surface area (Å²) in [4.78, 5) is 13.0. The van der Waals surface area contributed by atoms with Crippen molar-refractivity contribution in [3.63, 3.8) is 0 Å². The Kier molecular flexibility index (Phi) is 3.51. The molecule has 76 valence electrons. The molecule has 0 fully saturated rings. The van der Waals surface area contributed by atoms with Gasteiger partial charge < -0.3 is 9.64 Å². The molecule has 0 unspecified atom stereocenters. The minimum absolute atomic E-state index is 0.206. The molecule has 14 heavy (non-hydrogen) atoms. The molecule has 3 heteroatoms. The van der Waals surface area contributed by atoms with Crippen LogP contribution in [0.4, 0.5) is 5.69 Å². The lowest BCUT2D eigenvalue weighted by atomic mass is 10.3. The Bertz CT molecular complexity index is 304. The highest BCUT2D eigenvalue weighted by atomic mass is 16.5. The fraction of sp³-hybridized carbons (Fsp3) is 0.364. The van der Waals surface area contributed by atoms with E-state index in [9.17, 15) is 4.79 Å². The van der Waals surface area contributed by atoms with Crippen LogP contribution >= 0.6 is 0 Å². The molecule has 0 heterocycles. The Morgan fingerprint density at radius 1 is 1.29 bits per heavy atom. The summed E-state index contributed by atoms with van der Waals surface area (Å²) in [5.41, 5.74) is 1.08. The highest BCUT2D eigenvalue weighted by molar-refractivity contribution is 5.72. The second-order valence-electron chi connectivity index (χ2n) is 3.22. The second-order valence-corrected chi connectivity index (χ2v) is 3.22. The maximum atomic E-state index is 11.0. The molecule has 1 rings (SSSR count). The summed E-state index contributed by atoms with van der Waals surface area (Å²) in [6, 6.07) is 7.42. The number of hydrogen-bond donors (Lipinski definition) is 0. The summed E-state index contributed by atoms with van der Waals surface area (Å²) in [5, 5.41) is 0. The third-order valence-corrected chi connectivity index (χ3v) is 1.87. The fourth-order valence-electron chi connectivity index (χ4n) is 1.02. The topological polar surface area (TPSA) is 29.5 Å². The molecule has 0 radical (unpaired) electrons. The van der Waals surface area contributed by atoms with Crippen LogP contribution in [0, 0.1) is 0 Å². The van der Waals surface area contributed by atoms with Crippen molar-refractivity contribution in [2.75, 3.05) is 19.0 Å². The molecule has 0 aliphatic rings. The minimum Gasteiger partial charge on any atom is -0.427 e. The second kappa shape index (κ2) is 4.65. The Morgan fingerprint density at radius 3 is 2.29 bits per heavy atom. The maximum absolute atomic E-state index is 11.0. The quantitative estimate of drug-likeness (QED) is 0.543. The van der Waals surface area contributed by atoms with Crippen LogP contribution in [-0.2, 0) is 4.79 Å². The van der Waals surface area contributed by atoms with Gasteiger partial charge in [0, 0.05) is 26.2 Å². The van der Waals surface area contributed by atoms with Crippen molar-refractivity contribution < 1.29 is 9.53 Å². The summed E-state index contributed by atoms with van der Waals surface area (Å²) >= 11 is 0. The summed E-state index contributed by atoms with van der Waals surface area (Å²) < 4.78 is 5.04. The number of benzene rings is 1. The molecule has 0 saturated heterocycles. The monoisotopic (exact) mass is 193 g/mol. The van der Waals surface area contributed by atoms with E-state index >= 15 is 0 Å². The number of ether oxygens (including phenoxy) is 1. The summed E-state index contributed by atoms with van der Waals surface area (Å²) in [7, 11) is 3.93. The third-order valence-electron chi connectivity index (χ3n) is 1.87. The molecule has 1 aromatic carbocycles. The molecule has 0 saturated carbocycles. The van der Waals surface area contributed by atoms with Crippen LogP contribution in [0.5, 0.6) is 5.75 Å². The van der Waals surface area contributed by atoms with Crippen molar-refractivity contribution in [3.05, 3.63) is 24.3 Å². The van der Waals surface area contributed by atoms with Crippen LogP contribution in [0.1, 0.15) is 13.3 Å². The number of rotatable bonds is 3. The number of carbonyl (C=O) groups is 1. The Balaban J connectivity index is 2.69. The largest absolute Gasteiger partial charge is 0.427 e. The van der Waals surface area contributed by atoms with Crippen molar-refractivity contribution in [2.45, 2.75) is 13.3 Å². The molecule has 0 aromatic heterocycles. The van der Waals surface area contributed by atoms with Gasteiger partial charge in [0.05, 0.1) is 0 Å². The number of carbonyl (C=O) groups excluding carboxylic acids is 1. The molecule has 0 bridgehead atoms. The highest BCUT2D eigenvalue weighted by Gasteiger charge is 2.01. The SMILES string of the molecule is CCC(=O)Oc1ccc(N(C)C)cc1. The van der Waals surface area contributed by atoms with Crippen LogP contribution in [0.15, 0.2) is 24.3 Å². The zero-order chi connectivity index (χ0) is 10.6. The van der Waals surface area contributed by atoms with Gasteiger partial charge in [-0.25, -0.2) is 0 Å². The van der Waals surface area contributed by atoms with Crippen molar-refractivity contribution in [1.82, 2.24) is 0 Å². The van der Waals surface area contributed by atoms with E-state index in [4.69, 9.17) is 4.74 Å². The predicted octanol–water partition coefficient (Wildman–Crippen LogP) is 2.07. The molecule has 0 N–H and O–H groups in total. The maximum Gasteiger partial charge on any atom is 0.310 e. The molecular weight excluding hydrogens is 178 g/mol. The number of anilines is 1. The van der Waals surface area contributed by atoms with E-state index in [0.717, 1.165) is 5.69 Å². The summed E-state index contributed by atoms with van der Waals surface area (Å²) in [6.45, 7) is 1.77. The van der Waals surface area contributed by atoms with E-state index in [1.54, 1.807) is 19.1 Å². The molecule has 1 aromatic rings. The number of nitrogens with zero attached hydrogens (tertiary/aromatic N) is 1. The van der Waals surface area contributed by atoms with Gasteiger partial charge in [-0.05, 0) is 24.3 Å². The molecule has 0 aliphatic carbocycles. The first-order chi connectivity index (χ1) is 6.63. The third kappa shape index (κ3) is 2.76. The average Bonchev–Trinajstić information content (AvgIpc) is 2.18. The fourth-order valence-corrected chi connectivity index (χ4v) is 1.02. The predicted molar refractivity (Wildman–Crippen MR) is 56.7 cm³/mol. The van der Waals surface area contributed by atoms with Crippen LogP contribution in [0.2, 0.25) is 0 Å². The lowest BCUT2D eigenvalue weighted by Crippen LogP contribution is -2.09. The van der Waals surface area contributed by atoms with E-state index < -0.39 is 0 Å². The van der Waals surface area contributed by atoms with Gasteiger partial charge in [-0.15, -0.1) is 0 Å². The lowest BCUT2D eigenvalue weighted by Gasteiger charge is -2.12. The van der Waals surface area contributed by atoms with Gasteiger partial charge in [0.25, 0.3) is 0 Å². The van der Waals surface area contributed by atoms with Gasteiger partial charge >= 0.3 is 5.97 Å². The standard InChI is InChI=1S/C11H15NO2/c1-4-11(13)14-10-7-5-9(6-8-10)12(2)3/h5-8H,4H2,1-3H3. The van der Waals surface area contributed by atoms with Gasteiger partial charge in [-0.1, -0.05) is 6.92 Å². The first-order valence-electron chi connectivity index (χ1n) is 4.61. The first-order valence-corrected chi connectivity index (χ1v) is 4.61. The summed E-state index contributed by atoms with van der Waals surface area (Å²) in [6.07, 6.45) is 0.398. The average molecular weight is 193 g/mol. The molecule has 0 spiro atoms. The Labute approximate surface area is 84.3 Å². The van der Waals surface area contributed by atoms with E-state index in [1.165, 1.54) is 0 Å². The van der Waals surface area contributed by atoms with Crippen molar-refractivity contribution >= 4 is 11.7 Å². The van der Waals surface area contributed by atoms with Crippen LogP contribution < -0.4 is 9.64 Å². The van der Waals surface area contributed by atoms with Gasteiger partial charge in [-0.3, -0.25) is 4.79 Å². The normalized spacial score (nSPS) is 9.64. The number of hydrogen-bond acceptors (Lipinski definition) is 3. The zero-order valence-electron chi connectivity index (χ0n) is 8.78. The lowest BCUT2D eigenvalue weighted by molar-refractivity contribution is -0.134. The van der Waals surface area contributed by atoms with E-state index in [0.29, 0.717) is 12.2 Å². The van der Waals surface area contributed by atoms with Crippen LogP contribution in [0.3, 0.4) is 0 Å². The van der Waals surface area contributed by atoms with Crippen molar-refractivity contribution in [1.29, 1.82) is 0 Å². The molecule has 0 aliphatic heterocycles. The Morgan fingerprint density at radius 2 is 1.86 bits per heavy atom. The van der Waals surface area contributed by atoms with Gasteiger partial charge in [-0.2, -0.15) is 0 Å². The van der Waals surface area contributed by atoms with E-state index in [2.05, 4.69) is 0 Å². The van der Waals surface area contributed by atoms with Crippen LogP contribution in [0.25, 0.3) is 0 Å². The van der Waals surface area contributed by atoms with Crippen molar-refractivity contribution in [2.24, 2.45) is 0 Å². The number of esters is 1. The molecular formula is C11H15NO2. The summed E-state index contributed by atoms with van der Waals surface area (Å²) in [5.74, 6) is 0.394. The smallest absolute Gasteiger partial charge is 0.310 e. The molecule has 0 atom stereocenters. The van der Waals surface area contributed by atoms with Crippen LogP contribution in [-0.4, -0.2) is 20.1 Å². The van der Waals surface area contributed by atoms with E-state index in [1.807, 2.05) is 31.1 Å².